The van der Waals surface area contributed by atoms with Crippen LogP contribution in [0.1, 0.15) is 24.5 Å². The summed E-state index contributed by atoms with van der Waals surface area (Å²) >= 11 is 6.22. The Morgan fingerprint density at radius 3 is 2.16 bits per heavy atom. The molecule has 0 aliphatic carbocycles. The summed E-state index contributed by atoms with van der Waals surface area (Å²) in [5, 5.41) is 3.51. The minimum Gasteiger partial charge on any atom is -0.496 e. The van der Waals surface area contributed by atoms with E-state index in [0.29, 0.717) is 35.2 Å². The first kappa shape index (κ1) is 27.9. The molecule has 8 heteroatoms. The molecule has 0 radical (unpaired) electrons. The van der Waals surface area contributed by atoms with Gasteiger partial charge < -0.3 is 24.4 Å². The van der Waals surface area contributed by atoms with Gasteiger partial charge in [0.2, 0.25) is 5.91 Å². The fraction of sp³-hybridized carbons (Fsp3) is 0.310. The van der Waals surface area contributed by atoms with Gasteiger partial charge in [-0.2, -0.15) is 0 Å². The van der Waals surface area contributed by atoms with Crippen LogP contribution < -0.4 is 19.5 Å². The topological polar surface area (TPSA) is 77.1 Å². The zero-order valence-corrected chi connectivity index (χ0v) is 22.2. The van der Waals surface area contributed by atoms with Crippen molar-refractivity contribution in [2.45, 2.75) is 32.4 Å². The van der Waals surface area contributed by atoms with Crippen molar-refractivity contribution in [2.24, 2.45) is 0 Å². The minimum atomic E-state index is -0.746. The third-order valence-electron chi connectivity index (χ3n) is 5.75. The Morgan fingerprint density at radius 2 is 1.54 bits per heavy atom. The van der Waals surface area contributed by atoms with Gasteiger partial charge in [0.15, 0.2) is 6.61 Å². The molecule has 0 heterocycles. The molecule has 0 bridgehead atoms. The average Bonchev–Trinajstić information content (AvgIpc) is 2.92. The van der Waals surface area contributed by atoms with Crippen molar-refractivity contribution in [3.8, 4) is 17.2 Å². The van der Waals surface area contributed by atoms with Gasteiger partial charge in [0.25, 0.3) is 5.91 Å². The molecule has 0 fully saturated rings. The molecular formula is C29H33ClN2O5. The van der Waals surface area contributed by atoms with Gasteiger partial charge in [-0.15, -0.1) is 0 Å². The molecule has 2 amide bonds. The van der Waals surface area contributed by atoms with Gasteiger partial charge >= 0.3 is 0 Å². The molecule has 3 aromatic carbocycles. The molecule has 1 N–H and O–H groups in total. The lowest BCUT2D eigenvalue weighted by atomic mass is 10.0. The van der Waals surface area contributed by atoms with Crippen LogP contribution in [-0.2, 0) is 22.6 Å². The molecule has 0 unspecified atom stereocenters. The molecule has 37 heavy (non-hydrogen) atoms. The number of halogens is 1. The van der Waals surface area contributed by atoms with E-state index in [9.17, 15) is 9.59 Å². The number of methoxy groups -OCH3 is 2. The van der Waals surface area contributed by atoms with Crippen molar-refractivity contribution in [1.82, 2.24) is 10.2 Å². The normalized spacial score (nSPS) is 11.4. The van der Waals surface area contributed by atoms with Crippen molar-refractivity contribution < 1.29 is 23.8 Å². The Balaban J connectivity index is 1.90. The number of hydrogen-bond acceptors (Lipinski definition) is 5. The average molecular weight is 525 g/mol. The van der Waals surface area contributed by atoms with E-state index in [-0.39, 0.29) is 25.0 Å². The molecule has 1 atom stereocenters. The maximum Gasteiger partial charge on any atom is 0.261 e. The lowest BCUT2D eigenvalue weighted by molar-refractivity contribution is -0.142. The number of hydrogen-bond donors (Lipinski definition) is 1. The Labute approximate surface area is 223 Å². The smallest absolute Gasteiger partial charge is 0.261 e. The number of rotatable bonds is 13. The number of nitrogens with one attached hydrogen (secondary N) is 1. The van der Waals surface area contributed by atoms with Crippen LogP contribution in [0.4, 0.5) is 0 Å². The molecule has 7 nitrogen and oxygen atoms in total. The van der Waals surface area contributed by atoms with Crippen LogP contribution in [0.15, 0.2) is 72.8 Å². The fourth-order valence-electron chi connectivity index (χ4n) is 3.84. The first-order valence-electron chi connectivity index (χ1n) is 12.1. The summed E-state index contributed by atoms with van der Waals surface area (Å²) in [6, 6.07) is 21.2. The van der Waals surface area contributed by atoms with Gasteiger partial charge in [-0.1, -0.05) is 61.0 Å². The van der Waals surface area contributed by atoms with E-state index >= 15 is 0 Å². The second-order valence-electron chi connectivity index (χ2n) is 8.49. The van der Waals surface area contributed by atoms with Crippen molar-refractivity contribution in [2.75, 3.05) is 27.4 Å². The zero-order chi connectivity index (χ0) is 26.6. The van der Waals surface area contributed by atoms with Gasteiger partial charge in [0.1, 0.15) is 23.3 Å². The standard InChI is InChI=1S/C29H33ClN2O5/c1-4-13-31-29(34)27(15-21-9-6-5-7-10-21)32(19-22-11-8-12-23(30)14-22)28(33)20-37-26-17-24(35-2)16-25(18-26)36-3/h5-12,14,16-18,27H,4,13,15,19-20H2,1-3H3,(H,31,34)/t27-/m0/s1. The largest absolute Gasteiger partial charge is 0.496 e. The summed E-state index contributed by atoms with van der Waals surface area (Å²) in [6.45, 7) is 2.42. The van der Waals surface area contributed by atoms with Crippen LogP contribution in [-0.4, -0.2) is 50.1 Å². The van der Waals surface area contributed by atoms with Gasteiger partial charge in [-0.3, -0.25) is 9.59 Å². The number of nitrogens with zero attached hydrogens (tertiary/aromatic N) is 1. The highest BCUT2D eigenvalue weighted by atomic mass is 35.5. The van der Waals surface area contributed by atoms with E-state index in [1.54, 1.807) is 49.5 Å². The molecule has 3 rings (SSSR count). The Hall–Kier alpha value is -3.71. The maximum absolute atomic E-state index is 13.7. The van der Waals surface area contributed by atoms with E-state index in [1.807, 2.05) is 49.4 Å². The second kappa shape index (κ2) is 14.1. The Morgan fingerprint density at radius 1 is 0.892 bits per heavy atom. The van der Waals surface area contributed by atoms with Crippen LogP contribution in [0, 0.1) is 0 Å². The summed E-state index contributed by atoms with van der Waals surface area (Å²) in [5.74, 6) is 0.942. The van der Waals surface area contributed by atoms with E-state index < -0.39 is 6.04 Å². The molecule has 0 aliphatic rings. The van der Waals surface area contributed by atoms with Crippen molar-refractivity contribution in [3.05, 3.63) is 88.9 Å². The summed E-state index contributed by atoms with van der Waals surface area (Å²) in [4.78, 5) is 28.6. The highest BCUT2D eigenvalue weighted by molar-refractivity contribution is 6.30. The van der Waals surface area contributed by atoms with Crippen LogP contribution in [0.3, 0.4) is 0 Å². The maximum atomic E-state index is 13.7. The molecule has 196 valence electrons. The summed E-state index contributed by atoms with van der Waals surface area (Å²) in [7, 11) is 3.08. The van der Waals surface area contributed by atoms with Gasteiger partial charge in [0, 0.05) is 42.7 Å². The van der Waals surface area contributed by atoms with E-state index in [1.165, 1.54) is 0 Å². The number of carbonyl (C=O) groups excluding carboxylic acids is 2. The first-order valence-corrected chi connectivity index (χ1v) is 12.5. The zero-order valence-electron chi connectivity index (χ0n) is 21.4. The number of carbonyl (C=O) groups is 2. The SMILES string of the molecule is CCCNC(=O)[C@H](Cc1ccccc1)N(Cc1cccc(Cl)c1)C(=O)COc1cc(OC)cc(OC)c1. The molecule has 0 spiro atoms. The van der Waals surface area contributed by atoms with E-state index in [2.05, 4.69) is 5.32 Å². The molecule has 0 aliphatic heterocycles. The molecule has 0 saturated carbocycles. The van der Waals surface area contributed by atoms with E-state index in [0.717, 1.165) is 17.5 Å². The molecule has 3 aromatic rings. The number of benzene rings is 3. The van der Waals surface area contributed by atoms with E-state index in [4.69, 9.17) is 25.8 Å². The number of amides is 2. The van der Waals surface area contributed by atoms with Crippen LogP contribution >= 0.6 is 11.6 Å². The van der Waals surface area contributed by atoms with Crippen molar-refractivity contribution >= 4 is 23.4 Å². The summed E-state index contributed by atoms with van der Waals surface area (Å²) < 4.78 is 16.4. The third kappa shape index (κ3) is 8.43. The summed E-state index contributed by atoms with van der Waals surface area (Å²) in [6.07, 6.45) is 1.14. The second-order valence-corrected chi connectivity index (χ2v) is 8.92. The highest BCUT2D eigenvalue weighted by Gasteiger charge is 2.30. The van der Waals surface area contributed by atoms with Gasteiger partial charge in [-0.05, 0) is 29.7 Å². The lowest BCUT2D eigenvalue weighted by Gasteiger charge is -2.31. The molecule has 0 saturated heterocycles. The monoisotopic (exact) mass is 524 g/mol. The predicted octanol–water partition coefficient (Wildman–Crippen LogP) is 4.90. The quantitative estimate of drug-likeness (QED) is 0.344. The van der Waals surface area contributed by atoms with Crippen LogP contribution in [0.25, 0.3) is 0 Å². The Bertz CT molecular complexity index is 1150. The lowest BCUT2D eigenvalue weighted by Crippen LogP contribution is -2.51. The third-order valence-corrected chi connectivity index (χ3v) is 5.98. The Kier molecular flexibility index (Phi) is 10.6. The van der Waals surface area contributed by atoms with Crippen molar-refractivity contribution in [1.29, 1.82) is 0 Å². The number of ether oxygens (including phenoxy) is 3. The molecular weight excluding hydrogens is 492 g/mol. The van der Waals surface area contributed by atoms with Gasteiger partial charge in [-0.25, -0.2) is 0 Å². The minimum absolute atomic E-state index is 0.196. The van der Waals surface area contributed by atoms with Crippen LogP contribution in [0.2, 0.25) is 5.02 Å². The van der Waals surface area contributed by atoms with Crippen molar-refractivity contribution in [3.63, 3.8) is 0 Å². The summed E-state index contributed by atoms with van der Waals surface area (Å²) in [5.41, 5.74) is 1.76. The predicted molar refractivity (Wildman–Crippen MR) is 144 cm³/mol. The van der Waals surface area contributed by atoms with Crippen LogP contribution in [0.5, 0.6) is 17.2 Å². The first-order chi connectivity index (χ1) is 17.9. The highest BCUT2D eigenvalue weighted by Crippen LogP contribution is 2.27. The fourth-order valence-corrected chi connectivity index (χ4v) is 4.06. The van der Waals surface area contributed by atoms with Gasteiger partial charge in [0.05, 0.1) is 14.2 Å². The molecule has 0 aromatic heterocycles.